The maximum atomic E-state index is 12.5. The number of rotatable bonds is 4. The SMILES string of the molecule is CC(C)S(=O)c1ccc(C(=O)Nc2cnc3c(c2)c(=O)n(C)c(=O)n3C)cc1. The van der Waals surface area contributed by atoms with E-state index in [0.29, 0.717) is 16.1 Å². The largest absolute Gasteiger partial charge is 0.332 e. The molecule has 1 unspecified atom stereocenters. The maximum absolute atomic E-state index is 12.5. The summed E-state index contributed by atoms with van der Waals surface area (Å²) in [5, 5.41) is 2.90. The van der Waals surface area contributed by atoms with E-state index in [1.807, 2.05) is 13.8 Å². The summed E-state index contributed by atoms with van der Waals surface area (Å²) in [6, 6.07) is 8.01. The van der Waals surface area contributed by atoms with E-state index in [9.17, 15) is 18.6 Å². The first-order valence-corrected chi connectivity index (χ1v) is 9.79. The van der Waals surface area contributed by atoms with Gasteiger partial charge in [-0.3, -0.25) is 22.9 Å². The zero-order valence-electron chi connectivity index (χ0n) is 15.9. The molecule has 0 saturated heterocycles. The van der Waals surface area contributed by atoms with E-state index in [1.54, 1.807) is 24.3 Å². The van der Waals surface area contributed by atoms with Crippen molar-refractivity contribution in [3.05, 3.63) is 62.9 Å². The molecule has 8 nitrogen and oxygen atoms in total. The Morgan fingerprint density at radius 1 is 1.11 bits per heavy atom. The van der Waals surface area contributed by atoms with Gasteiger partial charge < -0.3 is 5.32 Å². The minimum absolute atomic E-state index is 0.0121. The van der Waals surface area contributed by atoms with Crippen LogP contribution in [0.5, 0.6) is 0 Å². The molecule has 0 aliphatic heterocycles. The predicted octanol–water partition coefficient (Wildman–Crippen LogP) is 1.40. The van der Waals surface area contributed by atoms with Gasteiger partial charge >= 0.3 is 5.69 Å². The van der Waals surface area contributed by atoms with Crippen molar-refractivity contribution in [3.63, 3.8) is 0 Å². The maximum Gasteiger partial charge on any atom is 0.332 e. The molecule has 1 atom stereocenters. The second kappa shape index (κ2) is 7.51. The highest BCUT2D eigenvalue weighted by Gasteiger charge is 2.13. The fraction of sp³-hybridized carbons (Fsp3) is 0.263. The number of benzene rings is 1. The molecule has 0 aliphatic rings. The highest BCUT2D eigenvalue weighted by atomic mass is 32.2. The van der Waals surface area contributed by atoms with E-state index in [4.69, 9.17) is 0 Å². The molecule has 0 aliphatic carbocycles. The molecule has 1 N–H and O–H groups in total. The molecular weight excluding hydrogens is 380 g/mol. The van der Waals surface area contributed by atoms with E-state index in [0.717, 1.165) is 4.57 Å². The third kappa shape index (κ3) is 3.53. The van der Waals surface area contributed by atoms with Crippen molar-refractivity contribution in [3.8, 4) is 0 Å². The van der Waals surface area contributed by atoms with Gasteiger partial charge in [0.2, 0.25) is 0 Å². The number of hydrogen-bond donors (Lipinski definition) is 1. The van der Waals surface area contributed by atoms with Crippen LogP contribution in [0.4, 0.5) is 5.69 Å². The van der Waals surface area contributed by atoms with Crippen LogP contribution in [0.25, 0.3) is 11.0 Å². The van der Waals surface area contributed by atoms with Crippen LogP contribution < -0.4 is 16.6 Å². The molecule has 2 aromatic heterocycles. The average Bonchev–Trinajstić information content (AvgIpc) is 2.70. The zero-order chi connectivity index (χ0) is 20.6. The van der Waals surface area contributed by atoms with Crippen molar-refractivity contribution < 1.29 is 9.00 Å². The number of carbonyl (C=O) groups excluding carboxylic acids is 1. The summed E-state index contributed by atoms with van der Waals surface area (Å²) in [4.78, 5) is 41.6. The molecule has 0 fully saturated rings. The monoisotopic (exact) mass is 400 g/mol. The van der Waals surface area contributed by atoms with Gasteiger partial charge in [-0.25, -0.2) is 9.78 Å². The number of carbonyl (C=O) groups is 1. The van der Waals surface area contributed by atoms with Crippen LogP contribution in [0.15, 0.2) is 51.0 Å². The van der Waals surface area contributed by atoms with Crippen molar-refractivity contribution >= 4 is 33.4 Å². The molecule has 0 spiro atoms. The molecule has 1 aromatic carbocycles. The third-order valence-electron chi connectivity index (χ3n) is 4.33. The van der Waals surface area contributed by atoms with Gasteiger partial charge in [0.1, 0.15) is 5.65 Å². The van der Waals surface area contributed by atoms with Crippen molar-refractivity contribution in [1.29, 1.82) is 0 Å². The van der Waals surface area contributed by atoms with Gasteiger partial charge in [-0.2, -0.15) is 0 Å². The van der Waals surface area contributed by atoms with Crippen LogP contribution in [-0.2, 0) is 24.9 Å². The fourth-order valence-electron chi connectivity index (χ4n) is 2.75. The second-order valence-electron chi connectivity index (χ2n) is 6.63. The second-order valence-corrected chi connectivity index (χ2v) is 8.63. The Bertz CT molecular complexity index is 1210. The van der Waals surface area contributed by atoms with Gasteiger partial charge in [0.05, 0.1) is 28.1 Å². The standard InChI is InChI=1S/C19H20N4O4S/c1-11(2)28(27)14-7-5-12(6-8-14)17(24)21-13-9-15-16(20-10-13)22(3)19(26)23(4)18(15)25/h5-11H,1-4H3,(H,21,24). The lowest BCUT2D eigenvalue weighted by atomic mass is 10.2. The van der Waals surface area contributed by atoms with Gasteiger partial charge in [0.15, 0.2) is 0 Å². The van der Waals surface area contributed by atoms with Gasteiger partial charge in [-0.1, -0.05) is 13.8 Å². The summed E-state index contributed by atoms with van der Waals surface area (Å²) in [6.07, 6.45) is 1.39. The average molecular weight is 400 g/mol. The number of nitrogens with one attached hydrogen (secondary N) is 1. The minimum Gasteiger partial charge on any atom is -0.321 e. The highest BCUT2D eigenvalue weighted by Crippen LogP contribution is 2.16. The third-order valence-corrected chi connectivity index (χ3v) is 5.92. The van der Waals surface area contributed by atoms with Gasteiger partial charge in [-0.15, -0.1) is 0 Å². The minimum atomic E-state index is -1.13. The summed E-state index contributed by atoms with van der Waals surface area (Å²) in [5.41, 5.74) is 0.00976. The lowest BCUT2D eigenvalue weighted by Crippen LogP contribution is -2.37. The van der Waals surface area contributed by atoms with Crippen LogP contribution in [0.3, 0.4) is 0 Å². The zero-order valence-corrected chi connectivity index (χ0v) is 16.7. The number of aromatic nitrogens is 3. The summed E-state index contributed by atoms with van der Waals surface area (Å²) >= 11 is 0. The number of amides is 1. The van der Waals surface area contributed by atoms with E-state index in [2.05, 4.69) is 10.3 Å². The van der Waals surface area contributed by atoms with Gasteiger partial charge in [-0.05, 0) is 30.3 Å². The molecule has 0 bridgehead atoms. The quantitative estimate of drug-likeness (QED) is 0.713. The Hall–Kier alpha value is -3.07. The molecule has 1 amide bonds. The molecule has 146 valence electrons. The van der Waals surface area contributed by atoms with Gasteiger partial charge in [0, 0.05) is 29.8 Å². The summed E-state index contributed by atoms with van der Waals surface area (Å²) in [6.45, 7) is 3.73. The Morgan fingerprint density at radius 2 is 1.75 bits per heavy atom. The molecule has 28 heavy (non-hydrogen) atoms. The van der Waals surface area contributed by atoms with Crippen molar-refractivity contribution in [2.75, 3.05) is 5.32 Å². The topological polar surface area (TPSA) is 103 Å². The first kappa shape index (κ1) is 19.7. The van der Waals surface area contributed by atoms with Crippen LogP contribution >= 0.6 is 0 Å². The van der Waals surface area contributed by atoms with Crippen molar-refractivity contribution in [1.82, 2.24) is 14.1 Å². The number of pyridine rings is 1. The number of aryl methyl sites for hydroxylation is 1. The molecule has 2 heterocycles. The molecular formula is C19H20N4O4S. The Labute approximate surface area is 163 Å². The van der Waals surface area contributed by atoms with E-state index in [-0.39, 0.29) is 22.2 Å². The van der Waals surface area contributed by atoms with Crippen molar-refractivity contribution in [2.45, 2.75) is 24.0 Å². The van der Waals surface area contributed by atoms with Crippen LogP contribution in [0, 0.1) is 0 Å². The van der Waals surface area contributed by atoms with Gasteiger partial charge in [0.25, 0.3) is 11.5 Å². The Morgan fingerprint density at radius 3 is 2.36 bits per heavy atom. The molecule has 0 radical (unpaired) electrons. The van der Waals surface area contributed by atoms with Crippen LogP contribution in [0.2, 0.25) is 0 Å². The van der Waals surface area contributed by atoms with E-state index < -0.39 is 22.0 Å². The molecule has 3 rings (SSSR count). The molecule has 9 heteroatoms. The Kier molecular flexibility index (Phi) is 5.28. The van der Waals surface area contributed by atoms with E-state index in [1.165, 1.54) is 30.9 Å². The molecule has 3 aromatic rings. The van der Waals surface area contributed by atoms with Crippen molar-refractivity contribution in [2.24, 2.45) is 14.1 Å². The number of fused-ring (bicyclic) bond motifs is 1. The predicted molar refractivity (Wildman–Crippen MR) is 108 cm³/mol. The normalized spacial score (nSPS) is 12.3. The lowest BCUT2D eigenvalue weighted by molar-refractivity contribution is 0.102. The molecule has 0 saturated carbocycles. The number of hydrogen-bond acceptors (Lipinski definition) is 5. The summed E-state index contributed by atoms with van der Waals surface area (Å²) < 4.78 is 14.4. The fourth-order valence-corrected chi connectivity index (χ4v) is 3.70. The number of anilines is 1. The smallest absolute Gasteiger partial charge is 0.321 e. The Balaban J connectivity index is 1.90. The summed E-state index contributed by atoms with van der Waals surface area (Å²) in [5.74, 6) is -0.385. The highest BCUT2D eigenvalue weighted by molar-refractivity contribution is 7.85. The van der Waals surface area contributed by atoms with Crippen LogP contribution in [0.1, 0.15) is 24.2 Å². The van der Waals surface area contributed by atoms with Crippen LogP contribution in [-0.4, -0.2) is 29.5 Å². The number of nitrogens with zero attached hydrogens (tertiary/aromatic N) is 3. The lowest BCUT2D eigenvalue weighted by Gasteiger charge is -2.10. The first-order valence-electron chi connectivity index (χ1n) is 8.58. The van der Waals surface area contributed by atoms with E-state index >= 15 is 0 Å². The summed E-state index contributed by atoms with van der Waals surface area (Å²) in [7, 11) is 1.79. The first-order chi connectivity index (χ1) is 13.2.